The van der Waals surface area contributed by atoms with Gasteiger partial charge in [0.15, 0.2) is 16.6 Å². The number of benzene rings is 2. The van der Waals surface area contributed by atoms with Gasteiger partial charge in [-0.15, -0.1) is 11.8 Å². The Morgan fingerprint density at radius 1 is 1.30 bits per heavy atom. The van der Waals surface area contributed by atoms with E-state index in [2.05, 4.69) is 6.07 Å². The van der Waals surface area contributed by atoms with Gasteiger partial charge in [0.25, 0.3) is 5.91 Å². The molecule has 2 heterocycles. The van der Waals surface area contributed by atoms with E-state index in [9.17, 15) is 4.79 Å². The first-order chi connectivity index (χ1) is 14.6. The molecule has 0 N–H and O–H groups in total. The molecule has 0 spiro atoms. The van der Waals surface area contributed by atoms with Crippen molar-refractivity contribution in [2.75, 3.05) is 38.5 Å². The summed E-state index contributed by atoms with van der Waals surface area (Å²) in [5.74, 6) is 0.771. The van der Waals surface area contributed by atoms with Gasteiger partial charge in [-0.2, -0.15) is 0 Å². The monoisotopic (exact) mass is 444 g/mol. The molecule has 0 aliphatic carbocycles. The maximum atomic E-state index is 13.7. The van der Waals surface area contributed by atoms with Crippen LogP contribution in [0.3, 0.4) is 0 Å². The fourth-order valence-corrected chi connectivity index (χ4v) is 5.10. The van der Waals surface area contributed by atoms with Gasteiger partial charge in [-0.25, -0.2) is 4.98 Å². The lowest BCUT2D eigenvalue weighted by molar-refractivity contribution is 0.0914. The number of carbonyl (C=O) groups excluding carboxylic acids is 1. The van der Waals surface area contributed by atoms with Gasteiger partial charge >= 0.3 is 0 Å². The minimum atomic E-state index is -0.176. The number of hydrogen-bond acceptors (Lipinski definition) is 7. The number of carbonyl (C=O) groups is 1. The predicted molar refractivity (Wildman–Crippen MR) is 122 cm³/mol. The first-order valence-electron chi connectivity index (χ1n) is 9.73. The minimum absolute atomic E-state index is 0.000627. The number of amides is 1. The summed E-state index contributed by atoms with van der Waals surface area (Å²) in [6, 6.07) is 11.5. The SMILES string of the molecule is COc1cccc(C(=O)N(CC2CCCO2)c2nc3ccc(SC)cc3s2)c1OC. The summed E-state index contributed by atoms with van der Waals surface area (Å²) in [6.07, 6.45) is 3.98. The molecule has 1 aliphatic rings. The number of aromatic nitrogens is 1. The smallest absolute Gasteiger partial charge is 0.264 e. The number of anilines is 1. The van der Waals surface area contributed by atoms with Gasteiger partial charge in [-0.1, -0.05) is 17.4 Å². The molecule has 6 nitrogen and oxygen atoms in total. The van der Waals surface area contributed by atoms with Crippen LogP contribution in [0.4, 0.5) is 5.13 Å². The Kier molecular flexibility index (Phi) is 6.46. The Morgan fingerprint density at radius 2 is 2.17 bits per heavy atom. The van der Waals surface area contributed by atoms with Crippen LogP contribution in [-0.2, 0) is 4.74 Å². The molecule has 1 unspecified atom stereocenters. The Bertz CT molecular complexity index is 1050. The highest BCUT2D eigenvalue weighted by Gasteiger charge is 2.29. The molecule has 1 saturated heterocycles. The Morgan fingerprint density at radius 3 is 2.87 bits per heavy atom. The molecule has 8 heteroatoms. The normalized spacial score (nSPS) is 16.0. The van der Waals surface area contributed by atoms with Crippen molar-refractivity contribution in [1.29, 1.82) is 0 Å². The number of nitrogens with zero attached hydrogens (tertiary/aromatic N) is 2. The van der Waals surface area contributed by atoms with Gasteiger partial charge in [0.2, 0.25) is 0 Å². The summed E-state index contributed by atoms with van der Waals surface area (Å²) >= 11 is 3.21. The second kappa shape index (κ2) is 9.24. The highest BCUT2D eigenvalue weighted by Crippen LogP contribution is 2.36. The van der Waals surface area contributed by atoms with Crippen molar-refractivity contribution < 1.29 is 19.0 Å². The third-order valence-electron chi connectivity index (χ3n) is 5.10. The van der Waals surface area contributed by atoms with Crippen molar-refractivity contribution in [3.05, 3.63) is 42.0 Å². The van der Waals surface area contributed by atoms with E-state index in [1.54, 1.807) is 49.1 Å². The van der Waals surface area contributed by atoms with Crippen LogP contribution in [0.2, 0.25) is 0 Å². The molecule has 2 aromatic carbocycles. The zero-order valence-corrected chi connectivity index (χ0v) is 18.8. The number of methoxy groups -OCH3 is 2. The zero-order valence-electron chi connectivity index (χ0n) is 17.2. The van der Waals surface area contributed by atoms with Crippen molar-refractivity contribution in [1.82, 2.24) is 4.98 Å². The average Bonchev–Trinajstić information content (AvgIpc) is 3.45. The van der Waals surface area contributed by atoms with E-state index in [1.807, 2.05) is 18.4 Å². The molecule has 0 bridgehead atoms. The molecule has 1 aromatic heterocycles. The van der Waals surface area contributed by atoms with Gasteiger partial charge in [0.1, 0.15) is 0 Å². The first-order valence-corrected chi connectivity index (χ1v) is 11.8. The fourth-order valence-electron chi connectivity index (χ4n) is 3.58. The summed E-state index contributed by atoms with van der Waals surface area (Å²) in [7, 11) is 3.10. The molecular formula is C22H24N2O4S2. The molecule has 30 heavy (non-hydrogen) atoms. The molecule has 0 saturated carbocycles. The lowest BCUT2D eigenvalue weighted by atomic mass is 10.1. The molecule has 3 aromatic rings. The standard InChI is InChI=1S/C22H24N2O4S2/c1-26-18-8-4-7-16(20(18)27-2)21(25)24(13-14-6-5-11-28-14)22-23-17-10-9-15(29-3)12-19(17)30-22/h4,7-10,12,14H,5-6,11,13H2,1-3H3. The predicted octanol–water partition coefficient (Wildman–Crippen LogP) is 4.86. The number of thiazole rings is 1. The van der Waals surface area contributed by atoms with Crippen molar-refractivity contribution in [2.24, 2.45) is 0 Å². The topological polar surface area (TPSA) is 60.9 Å². The zero-order chi connectivity index (χ0) is 21.1. The largest absolute Gasteiger partial charge is 0.493 e. The van der Waals surface area contributed by atoms with Crippen molar-refractivity contribution in [3.63, 3.8) is 0 Å². The van der Waals surface area contributed by atoms with Gasteiger partial charge in [-0.3, -0.25) is 9.69 Å². The lowest BCUT2D eigenvalue weighted by Gasteiger charge is -2.24. The molecule has 1 aliphatic heterocycles. The molecule has 158 valence electrons. The molecule has 0 radical (unpaired) electrons. The molecular weight excluding hydrogens is 420 g/mol. The van der Waals surface area contributed by atoms with Crippen LogP contribution >= 0.6 is 23.1 Å². The summed E-state index contributed by atoms with van der Waals surface area (Å²) < 4.78 is 17.8. The van der Waals surface area contributed by atoms with E-state index in [4.69, 9.17) is 19.2 Å². The van der Waals surface area contributed by atoms with Crippen LogP contribution in [0.25, 0.3) is 10.2 Å². The number of ether oxygens (including phenoxy) is 3. The van der Waals surface area contributed by atoms with Crippen LogP contribution in [-0.4, -0.2) is 50.6 Å². The Labute approximate surface area is 184 Å². The molecule has 1 fully saturated rings. The third kappa shape index (κ3) is 4.12. The van der Waals surface area contributed by atoms with E-state index in [1.165, 1.54) is 16.2 Å². The number of para-hydroxylation sites is 1. The second-order valence-corrected chi connectivity index (χ2v) is 8.81. The van der Waals surface area contributed by atoms with E-state index >= 15 is 0 Å². The van der Waals surface area contributed by atoms with Crippen LogP contribution in [0.5, 0.6) is 11.5 Å². The van der Waals surface area contributed by atoms with E-state index < -0.39 is 0 Å². The Balaban J connectivity index is 1.76. The number of thioether (sulfide) groups is 1. The fraction of sp³-hybridized carbons (Fsp3) is 0.364. The maximum Gasteiger partial charge on any atom is 0.264 e. The van der Waals surface area contributed by atoms with E-state index in [0.717, 1.165) is 29.7 Å². The number of hydrogen-bond donors (Lipinski definition) is 0. The summed E-state index contributed by atoms with van der Waals surface area (Å²) in [5.41, 5.74) is 1.33. The second-order valence-electron chi connectivity index (χ2n) is 6.92. The van der Waals surface area contributed by atoms with E-state index in [0.29, 0.717) is 28.7 Å². The van der Waals surface area contributed by atoms with Crippen LogP contribution in [0, 0.1) is 0 Å². The van der Waals surface area contributed by atoms with Crippen molar-refractivity contribution in [2.45, 2.75) is 23.8 Å². The molecule has 4 rings (SSSR count). The maximum absolute atomic E-state index is 13.7. The number of fused-ring (bicyclic) bond motifs is 1. The lowest BCUT2D eigenvalue weighted by Crippen LogP contribution is -2.37. The van der Waals surface area contributed by atoms with Gasteiger partial charge in [0.05, 0.1) is 42.6 Å². The summed E-state index contributed by atoms with van der Waals surface area (Å²) in [6.45, 7) is 1.18. The number of rotatable bonds is 7. The summed E-state index contributed by atoms with van der Waals surface area (Å²) in [5, 5.41) is 0.661. The highest BCUT2D eigenvalue weighted by molar-refractivity contribution is 7.98. The quantitative estimate of drug-likeness (QED) is 0.485. The van der Waals surface area contributed by atoms with Gasteiger partial charge < -0.3 is 14.2 Å². The first kappa shape index (κ1) is 21.0. The average molecular weight is 445 g/mol. The van der Waals surface area contributed by atoms with Crippen molar-refractivity contribution in [3.8, 4) is 11.5 Å². The Hall–Kier alpha value is -2.29. The third-order valence-corrected chi connectivity index (χ3v) is 6.87. The molecule has 1 amide bonds. The summed E-state index contributed by atoms with van der Waals surface area (Å²) in [4.78, 5) is 21.3. The van der Waals surface area contributed by atoms with Crippen molar-refractivity contribution >= 4 is 44.4 Å². The van der Waals surface area contributed by atoms with Gasteiger partial charge in [-0.05, 0) is 49.4 Å². The van der Waals surface area contributed by atoms with Gasteiger partial charge in [0, 0.05) is 11.5 Å². The van der Waals surface area contributed by atoms with Crippen LogP contribution < -0.4 is 14.4 Å². The van der Waals surface area contributed by atoms with Crippen LogP contribution in [0.1, 0.15) is 23.2 Å². The highest BCUT2D eigenvalue weighted by atomic mass is 32.2. The van der Waals surface area contributed by atoms with Crippen LogP contribution in [0.15, 0.2) is 41.3 Å². The molecule has 1 atom stereocenters. The minimum Gasteiger partial charge on any atom is -0.493 e. The van der Waals surface area contributed by atoms with E-state index in [-0.39, 0.29) is 12.0 Å².